The molecule has 0 N–H and O–H groups in total. The standard InChI is InChI=1S/C19H30O2/c1-12-5-6-14-13-7-10-19(4)18(3,11-16(20)21-19)15(13)8-9-17(12,14)2/h12-15H,5-11H2,1-4H3. The molecule has 1 heterocycles. The lowest BCUT2D eigenvalue weighted by Gasteiger charge is -2.59. The Hall–Kier alpha value is -0.530. The van der Waals surface area contributed by atoms with Crippen molar-refractivity contribution in [3.05, 3.63) is 0 Å². The zero-order chi connectivity index (χ0) is 15.0. The molecule has 0 spiro atoms. The third-order valence-corrected chi connectivity index (χ3v) is 8.74. The Morgan fingerprint density at radius 2 is 1.76 bits per heavy atom. The molecular formula is C19H30O2. The number of carbonyl (C=O) groups excluding carboxylic acids is 1. The van der Waals surface area contributed by atoms with Crippen LogP contribution in [0.4, 0.5) is 0 Å². The van der Waals surface area contributed by atoms with E-state index in [1.165, 1.54) is 32.1 Å². The molecule has 0 amide bonds. The molecule has 4 rings (SSSR count). The zero-order valence-electron chi connectivity index (χ0n) is 14.1. The highest BCUT2D eigenvalue weighted by Gasteiger charge is 2.66. The lowest BCUT2D eigenvalue weighted by molar-refractivity contribution is -0.168. The highest BCUT2D eigenvalue weighted by molar-refractivity contribution is 5.74. The summed E-state index contributed by atoms with van der Waals surface area (Å²) in [6, 6.07) is 0. The van der Waals surface area contributed by atoms with Gasteiger partial charge >= 0.3 is 5.97 Å². The van der Waals surface area contributed by atoms with Crippen LogP contribution in [0.25, 0.3) is 0 Å². The summed E-state index contributed by atoms with van der Waals surface area (Å²) in [7, 11) is 0. The van der Waals surface area contributed by atoms with Crippen LogP contribution in [0, 0.1) is 34.5 Å². The van der Waals surface area contributed by atoms with E-state index in [2.05, 4.69) is 27.7 Å². The molecule has 0 aromatic heterocycles. The normalized spacial score (nSPS) is 59.1. The molecular weight excluding hydrogens is 260 g/mol. The first kappa shape index (κ1) is 14.1. The van der Waals surface area contributed by atoms with Crippen LogP contribution >= 0.6 is 0 Å². The van der Waals surface area contributed by atoms with Crippen LogP contribution in [0.3, 0.4) is 0 Å². The molecule has 4 aliphatic rings. The van der Waals surface area contributed by atoms with E-state index >= 15 is 0 Å². The fourth-order valence-electron chi connectivity index (χ4n) is 6.94. The van der Waals surface area contributed by atoms with Gasteiger partial charge in [-0.3, -0.25) is 4.79 Å². The molecule has 2 nitrogen and oxygen atoms in total. The van der Waals surface area contributed by atoms with E-state index in [9.17, 15) is 4.79 Å². The van der Waals surface area contributed by atoms with Crippen molar-refractivity contribution in [1.29, 1.82) is 0 Å². The quantitative estimate of drug-likeness (QED) is 0.611. The fourth-order valence-corrected chi connectivity index (χ4v) is 6.94. The van der Waals surface area contributed by atoms with Gasteiger partial charge in [-0.1, -0.05) is 20.8 Å². The van der Waals surface area contributed by atoms with Gasteiger partial charge in [-0.2, -0.15) is 0 Å². The van der Waals surface area contributed by atoms with Crippen molar-refractivity contribution in [3.63, 3.8) is 0 Å². The summed E-state index contributed by atoms with van der Waals surface area (Å²) in [6.45, 7) is 9.59. The van der Waals surface area contributed by atoms with E-state index in [1.54, 1.807) is 0 Å². The van der Waals surface area contributed by atoms with E-state index in [4.69, 9.17) is 4.74 Å². The minimum atomic E-state index is -0.191. The second-order valence-electron chi connectivity index (χ2n) is 9.24. The molecule has 0 aromatic rings. The van der Waals surface area contributed by atoms with Gasteiger partial charge in [-0.25, -0.2) is 0 Å². The van der Waals surface area contributed by atoms with Gasteiger partial charge in [0.2, 0.25) is 0 Å². The number of carbonyl (C=O) groups is 1. The third-order valence-electron chi connectivity index (χ3n) is 8.74. The molecule has 0 aromatic carbocycles. The molecule has 118 valence electrons. The number of ether oxygens (including phenoxy) is 1. The van der Waals surface area contributed by atoms with Crippen molar-refractivity contribution in [2.45, 2.75) is 78.2 Å². The van der Waals surface area contributed by atoms with Gasteiger partial charge in [-0.05, 0) is 74.5 Å². The van der Waals surface area contributed by atoms with E-state index in [0.29, 0.717) is 17.8 Å². The molecule has 4 fully saturated rings. The summed E-state index contributed by atoms with van der Waals surface area (Å²) in [5.74, 6) is 3.36. The molecule has 0 radical (unpaired) electrons. The number of esters is 1. The Kier molecular flexibility index (Phi) is 2.72. The number of rotatable bonds is 0. The lowest BCUT2D eigenvalue weighted by Crippen LogP contribution is -2.56. The maximum absolute atomic E-state index is 12.0. The Balaban J connectivity index is 1.70. The SMILES string of the molecule is CC1CCC2C3CCC4(C)OC(=O)CC4(C)C3CCC12C. The molecule has 1 saturated heterocycles. The first-order valence-electron chi connectivity index (χ1n) is 9.02. The topological polar surface area (TPSA) is 26.3 Å². The monoisotopic (exact) mass is 290 g/mol. The van der Waals surface area contributed by atoms with Crippen LogP contribution in [0.2, 0.25) is 0 Å². The maximum Gasteiger partial charge on any atom is 0.307 e. The van der Waals surface area contributed by atoms with E-state index in [1.807, 2.05) is 0 Å². The summed E-state index contributed by atoms with van der Waals surface area (Å²) in [5, 5.41) is 0. The molecule has 7 unspecified atom stereocenters. The lowest BCUT2D eigenvalue weighted by atomic mass is 9.46. The molecule has 3 saturated carbocycles. The van der Waals surface area contributed by atoms with Crippen molar-refractivity contribution in [2.75, 3.05) is 0 Å². The first-order valence-corrected chi connectivity index (χ1v) is 9.02. The predicted octanol–water partition coefficient (Wildman–Crippen LogP) is 4.57. The third kappa shape index (κ3) is 1.57. The van der Waals surface area contributed by atoms with Crippen LogP contribution in [0.15, 0.2) is 0 Å². The Bertz CT molecular complexity index is 486. The van der Waals surface area contributed by atoms with Crippen molar-refractivity contribution in [3.8, 4) is 0 Å². The maximum atomic E-state index is 12.0. The number of hydrogen-bond donors (Lipinski definition) is 0. The van der Waals surface area contributed by atoms with Gasteiger partial charge < -0.3 is 4.74 Å². The van der Waals surface area contributed by atoms with Crippen molar-refractivity contribution in [2.24, 2.45) is 34.5 Å². The van der Waals surface area contributed by atoms with Crippen molar-refractivity contribution >= 4 is 5.97 Å². The van der Waals surface area contributed by atoms with Gasteiger partial charge in [-0.15, -0.1) is 0 Å². The van der Waals surface area contributed by atoms with Crippen LogP contribution in [0.5, 0.6) is 0 Å². The number of hydrogen-bond acceptors (Lipinski definition) is 2. The zero-order valence-corrected chi connectivity index (χ0v) is 14.1. The van der Waals surface area contributed by atoms with Gasteiger partial charge in [0, 0.05) is 5.41 Å². The minimum Gasteiger partial charge on any atom is -0.459 e. The van der Waals surface area contributed by atoms with Gasteiger partial charge in [0.25, 0.3) is 0 Å². The highest BCUT2D eigenvalue weighted by Crippen LogP contribution is 2.68. The van der Waals surface area contributed by atoms with E-state index < -0.39 is 0 Å². The van der Waals surface area contributed by atoms with Crippen LogP contribution in [0.1, 0.15) is 72.6 Å². The molecule has 21 heavy (non-hydrogen) atoms. The van der Waals surface area contributed by atoms with Gasteiger partial charge in [0.1, 0.15) is 5.60 Å². The van der Waals surface area contributed by atoms with E-state index in [-0.39, 0.29) is 17.0 Å². The second-order valence-corrected chi connectivity index (χ2v) is 9.24. The molecule has 7 atom stereocenters. The smallest absolute Gasteiger partial charge is 0.307 e. The molecule has 1 aliphatic heterocycles. The number of fused-ring (bicyclic) bond motifs is 5. The van der Waals surface area contributed by atoms with E-state index in [0.717, 1.165) is 24.2 Å². The van der Waals surface area contributed by atoms with Crippen LogP contribution in [-0.4, -0.2) is 11.6 Å². The average molecular weight is 290 g/mol. The second kappa shape index (κ2) is 4.06. The first-order chi connectivity index (χ1) is 9.80. The Morgan fingerprint density at radius 1 is 1.00 bits per heavy atom. The predicted molar refractivity (Wildman–Crippen MR) is 82.7 cm³/mol. The summed E-state index contributed by atoms with van der Waals surface area (Å²) in [4.78, 5) is 12.0. The fraction of sp³-hybridized carbons (Fsp3) is 0.947. The molecule has 3 aliphatic carbocycles. The minimum absolute atomic E-state index is 0.0498. The van der Waals surface area contributed by atoms with Crippen LogP contribution < -0.4 is 0 Å². The Morgan fingerprint density at radius 3 is 2.52 bits per heavy atom. The summed E-state index contributed by atoms with van der Waals surface area (Å²) < 4.78 is 5.82. The van der Waals surface area contributed by atoms with Gasteiger partial charge in [0.05, 0.1) is 6.42 Å². The largest absolute Gasteiger partial charge is 0.459 e. The summed E-state index contributed by atoms with van der Waals surface area (Å²) >= 11 is 0. The molecule has 2 heteroatoms. The summed E-state index contributed by atoms with van der Waals surface area (Å²) in [5.41, 5.74) is 0.456. The van der Waals surface area contributed by atoms with Crippen molar-refractivity contribution < 1.29 is 9.53 Å². The van der Waals surface area contributed by atoms with Crippen molar-refractivity contribution in [1.82, 2.24) is 0 Å². The molecule has 0 bridgehead atoms. The van der Waals surface area contributed by atoms with Crippen LogP contribution in [-0.2, 0) is 9.53 Å². The van der Waals surface area contributed by atoms with Gasteiger partial charge in [0.15, 0.2) is 0 Å². The Labute approximate surface area is 129 Å². The average Bonchev–Trinajstić information content (AvgIpc) is 2.83. The summed E-state index contributed by atoms with van der Waals surface area (Å²) in [6.07, 6.45) is 8.51. The highest BCUT2D eigenvalue weighted by atomic mass is 16.6.